The first kappa shape index (κ1) is 8.97. The monoisotopic (exact) mass is 207 g/mol. The van der Waals surface area contributed by atoms with Crippen LogP contribution in [0.15, 0.2) is 28.4 Å². The van der Waals surface area contributed by atoms with E-state index in [9.17, 15) is 5.11 Å². The average molecular weight is 208 g/mol. The standard InChI is InChI=1S/C10H6N2O.ClH/c13-10-2-1-6-4-9-7(3-8(6)10)5-11-12-9;/h1-5,13H;1H/p+1. The first-order chi connectivity index (χ1) is 6.34. The second-order valence-electron chi connectivity index (χ2n) is 3.06. The van der Waals surface area contributed by atoms with Gasteiger partial charge in [-0.3, -0.25) is 0 Å². The van der Waals surface area contributed by atoms with Crippen LogP contribution in [0.4, 0.5) is 0 Å². The molecule has 0 bridgehead atoms. The largest absolute Gasteiger partial charge is 1.00 e. The zero-order chi connectivity index (χ0) is 8.84. The predicted molar refractivity (Wildman–Crippen MR) is 58.2 cm³/mol. The summed E-state index contributed by atoms with van der Waals surface area (Å²) in [5.74, 6) is 0.318. The molecule has 0 radical (unpaired) electrons. The summed E-state index contributed by atoms with van der Waals surface area (Å²) in [6, 6.07) is 3.83. The number of hydrogen-bond donors (Lipinski definition) is 1. The quantitative estimate of drug-likeness (QED) is 0.675. The summed E-state index contributed by atoms with van der Waals surface area (Å²) in [7, 11) is 0. The number of aliphatic hydroxyl groups is 1. The molecule has 4 heteroatoms. The molecule has 1 aliphatic carbocycles. The van der Waals surface area contributed by atoms with Gasteiger partial charge in [-0.15, -0.1) is 12.4 Å². The number of hydrogen-bond acceptors (Lipinski definition) is 3. The van der Waals surface area contributed by atoms with E-state index in [2.05, 4.69) is 10.2 Å². The molecule has 70 valence electrons. The normalized spacial score (nSPS) is 14.7. The van der Waals surface area contributed by atoms with Crippen molar-refractivity contribution in [2.45, 2.75) is 0 Å². The molecular formula is C10H8ClN2O+. The second kappa shape index (κ2) is 2.96. The van der Waals surface area contributed by atoms with Crippen LogP contribution >= 0.6 is 12.4 Å². The molecule has 0 spiro atoms. The Morgan fingerprint density at radius 3 is 2.86 bits per heavy atom. The van der Waals surface area contributed by atoms with Gasteiger partial charge in [0.1, 0.15) is 5.76 Å². The third-order valence-electron chi connectivity index (χ3n) is 2.26. The van der Waals surface area contributed by atoms with E-state index in [1.165, 1.54) is 0 Å². The molecular weight excluding hydrogens is 200 g/mol. The molecule has 0 saturated carbocycles. The first-order valence-electron chi connectivity index (χ1n) is 4.01. The van der Waals surface area contributed by atoms with E-state index in [0.717, 1.165) is 21.7 Å². The Labute approximate surface area is 87.7 Å². The van der Waals surface area contributed by atoms with E-state index >= 15 is 0 Å². The number of rotatable bonds is 0. The lowest BCUT2D eigenvalue weighted by atomic mass is 10.1. The van der Waals surface area contributed by atoms with E-state index < -0.39 is 0 Å². The molecule has 1 aromatic carbocycles. The highest BCUT2D eigenvalue weighted by molar-refractivity contribution is 5.85. The minimum Gasteiger partial charge on any atom is -0.507 e. The fourth-order valence-electron chi connectivity index (χ4n) is 1.58. The lowest BCUT2D eigenvalue weighted by Gasteiger charge is -1.93. The van der Waals surface area contributed by atoms with Crippen LogP contribution in [-0.4, -0.2) is 11.3 Å². The molecule has 3 nitrogen and oxygen atoms in total. The van der Waals surface area contributed by atoms with E-state index in [1.54, 1.807) is 12.3 Å². The molecule has 3 rings (SSSR count). The van der Waals surface area contributed by atoms with Crippen molar-refractivity contribution in [3.63, 3.8) is 0 Å². The van der Waals surface area contributed by atoms with Crippen molar-refractivity contribution in [2.24, 2.45) is 10.2 Å². The Hall–Kier alpha value is -1.61. The number of halogens is 1. The molecule has 0 amide bonds. The summed E-state index contributed by atoms with van der Waals surface area (Å²) in [5, 5.41) is 19.0. The molecule has 0 unspecified atom stereocenters. The Balaban J connectivity index is 0.000000562. The van der Waals surface area contributed by atoms with Crippen LogP contribution in [0.2, 0.25) is 0 Å². The highest BCUT2D eigenvalue weighted by Crippen LogP contribution is 2.07. The van der Waals surface area contributed by atoms with Crippen LogP contribution in [0.25, 0.3) is 11.8 Å². The lowest BCUT2D eigenvalue weighted by molar-refractivity contribution is 0.513. The van der Waals surface area contributed by atoms with Gasteiger partial charge in [-0.2, -0.15) is 10.2 Å². The van der Waals surface area contributed by atoms with E-state index in [-0.39, 0.29) is 13.8 Å². The van der Waals surface area contributed by atoms with Crippen LogP contribution in [0.3, 0.4) is 0 Å². The maximum absolute atomic E-state index is 9.47. The van der Waals surface area contributed by atoms with Crippen molar-refractivity contribution in [3.05, 3.63) is 39.9 Å². The van der Waals surface area contributed by atoms with Gasteiger partial charge in [-0.05, 0) is 23.8 Å². The summed E-state index contributed by atoms with van der Waals surface area (Å²) in [5.41, 5.74) is 1.97. The third-order valence-corrected chi connectivity index (χ3v) is 2.26. The number of nitrogens with zero attached hydrogens (tertiary/aromatic N) is 2. The zero-order valence-electron chi connectivity index (χ0n) is 8.14. The average Bonchev–Trinajstić information content (AvgIpc) is 2.70. The molecule has 2 aliphatic rings. The highest BCUT2D eigenvalue weighted by Gasteiger charge is 2.08. The minimum atomic E-state index is 0. The van der Waals surface area contributed by atoms with Gasteiger partial charge in [0.15, 0.2) is 0 Å². The van der Waals surface area contributed by atoms with E-state index in [1.807, 2.05) is 18.2 Å². The Morgan fingerprint density at radius 2 is 2.00 bits per heavy atom. The van der Waals surface area contributed by atoms with Gasteiger partial charge in [0.2, 0.25) is 0 Å². The molecule has 1 aliphatic heterocycles. The fraction of sp³-hybridized carbons (Fsp3) is 0. The van der Waals surface area contributed by atoms with Crippen molar-refractivity contribution in [3.8, 4) is 0 Å². The molecule has 14 heavy (non-hydrogen) atoms. The SMILES string of the molecule is Cl.OC1=c2cc3c(cc2C=C1)=NN=C3.[H+]. The van der Waals surface area contributed by atoms with E-state index in [0.29, 0.717) is 5.76 Å². The maximum atomic E-state index is 9.47. The molecule has 0 aromatic heterocycles. The lowest BCUT2D eigenvalue weighted by Crippen LogP contribution is -2.15. The number of aliphatic hydroxyl groups excluding tert-OH is 1. The van der Waals surface area contributed by atoms with Gasteiger partial charge in [-0.1, -0.05) is 6.08 Å². The van der Waals surface area contributed by atoms with Crippen LogP contribution in [-0.2, 0) is 0 Å². The van der Waals surface area contributed by atoms with Crippen molar-refractivity contribution in [1.82, 2.24) is 0 Å². The second-order valence-corrected chi connectivity index (χ2v) is 3.06. The third kappa shape index (κ3) is 1.06. The van der Waals surface area contributed by atoms with Crippen LogP contribution in [0, 0.1) is 0 Å². The van der Waals surface area contributed by atoms with Crippen molar-refractivity contribution >= 4 is 30.5 Å². The van der Waals surface area contributed by atoms with Gasteiger partial charge in [-0.25, -0.2) is 0 Å². The minimum absolute atomic E-state index is 0. The summed E-state index contributed by atoms with van der Waals surface area (Å²) in [6.07, 6.45) is 5.26. The van der Waals surface area contributed by atoms with Crippen LogP contribution in [0.1, 0.15) is 12.6 Å². The van der Waals surface area contributed by atoms with Gasteiger partial charge in [0.05, 0.1) is 11.6 Å². The van der Waals surface area contributed by atoms with Crippen molar-refractivity contribution in [2.75, 3.05) is 0 Å². The smallest absolute Gasteiger partial charge is 0.507 e. The summed E-state index contributed by atoms with van der Waals surface area (Å²) in [6.45, 7) is 0. The maximum Gasteiger partial charge on any atom is 1.00 e. The summed E-state index contributed by atoms with van der Waals surface area (Å²) < 4.78 is 0. The Bertz CT molecular complexity index is 578. The van der Waals surface area contributed by atoms with Crippen molar-refractivity contribution in [1.29, 1.82) is 0 Å². The zero-order valence-corrected chi connectivity index (χ0v) is 7.95. The van der Waals surface area contributed by atoms with Gasteiger partial charge >= 0.3 is 1.43 Å². The van der Waals surface area contributed by atoms with Crippen LogP contribution < -0.4 is 10.6 Å². The topological polar surface area (TPSA) is 45.0 Å². The fourth-order valence-corrected chi connectivity index (χ4v) is 1.58. The molecule has 1 heterocycles. The Morgan fingerprint density at radius 1 is 1.14 bits per heavy atom. The predicted octanol–water partition coefficient (Wildman–Crippen LogP) is 0.881. The number of fused-ring (bicyclic) bond motifs is 2. The van der Waals surface area contributed by atoms with Gasteiger partial charge in [0, 0.05) is 10.8 Å². The molecule has 1 N–H and O–H groups in total. The molecule has 0 fully saturated rings. The first-order valence-corrected chi connectivity index (χ1v) is 4.01. The molecule has 0 atom stereocenters. The molecule has 1 aromatic rings. The highest BCUT2D eigenvalue weighted by atomic mass is 35.5. The molecule has 0 saturated heterocycles. The number of benzene rings is 1. The summed E-state index contributed by atoms with van der Waals surface area (Å²) in [4.78, 5) is 0. The van der Waals surface area contributed by atoms with Gasteiger partial charge < -0.3 is 5.11 Å². The summed E-state index contributed by atoms with van der Waals surface area (Å²) >= 11 is 0. The van der Waals surface area contributed by atoms with Crippen molar-refractivity contribution < 1.29 is 6.53 Å². The van der Waals surface area contributed by atoms with E-state index in [4.69, 9.17) is 0 Å². The van der Waals surface area contributed by atoms with Crippen LogP contribution in [0.5, 0.6) is 0 Å². The van der Waals surface area contributed by atoms with Gasteiger partial charge in [0.25, 0.3) is 0 Å². The Kier molecular flexibility index (Phi) is 1.89.